The van der Waals surface area contributed by atoms with Crippen molar-refractivity contribution in [1.82, 2.24) is 10.2 Å². The van der Waals surface area contributed by atoms with E-state index in [1.165, 1.54) is 4.90 Å². The fourth-order valence-electron chi connectivity index (χ4n) is 4.06. The van der Waals surface area contributed by atoms with Gasteiger partial charge in [0.25, 0.3) is 0 Å². The molecule has 2 aromatic rings. The molecule has 0 heterocycles. The van der Waals surface area contributed by atoms with Crippen molar-refractivity contribution in [3.63, 3.8) is 0 Å². The number of hydrogen-bond donors (Lipinski definition) is 1. The zero-order valence-corrected chi connectivity index (χ0v) is 23.0. The predicted molar refractivity (Wildman–Crippen MR) is 144 cm³/mol. The van der Waals surface area contributed by atoms with Crippen LogP contribution in [0.3, 0.4) is 0 Å². The average Bonchev–Trinajstić information content (AvgIpc) is 2.81. The van der Waals surface area contributed by atoms with Crippen LogP contribution in [-0.2, 0) is 26.2 Å². The first-order chi connectivity index (χ1) is 17.0. The number of nitrogens with one attached hydrogen (secondary N) is 1. The summed E-state index contributed by atoms with van der Waals surface area (Å²) in [6.07, 6.45) is 3.25. The highest BCUT2D eigenvalue weighted by Crippen LogP contribution is 2.23. The maximum absolute atomic E-state index is 13.7. The smallest absolute Gasteiger partial charge is 0.244 e. The van der Waals surface area contributed by atoms with Crippen LogP contribution in [0.4, 0.5) is 5.69 Å². The molecule has 9 heteroatoms. The molecule has 2 amide bonds. The van der Waals surface area contributed by atoms with Crippen molar-refractivity contribution >= 4 is 27.5 Å². The zero-order chi connectivity index (χ0) is 26.9. The maximum atomic E-state index is 13.7. The van der Waals surface area contributed by atoms with Gasteiger partial charge in [-0.3, -0.25) is 13.9 Å². The Hall–Kier alpha value is -3.07. The topological polar surface area (TPSA) is 96.0 Å². The number of benzene rings is 2. The highest BCUT2D eigenvalue weighted by Gasteiger charge is 2.31. The van der Waals surface area contributed by atoms with E-state index in [1.54, 1.807) is 31.4 Å². The van der Waals surface area contributed by atoms with E-state index in [1.807, 2.05) is 45.9 Å². The van der Waals surface area contributed by atoms with E-state index in [0.29, 0.717) is 24.4 Å². The van der Waals surface area contributed by atoms with Crippen molar-refractivity contribution in [1.29, 1.82) is 0 Å². The Morgan fingerprint density at radius 3 is 2.14 bits per heavy atom. The van der Waals surface area contributed by atoms with Crippen LogP contribution >= 0.6 is 0 Å². The number of carbonyl (C=O) groups is 2. The second kappa shape index (κ2) is 13.3. The van der Waals surface area contributed by atoms with E-state index in [9.17, 15) is 18.0 Å². The van der Waals surface area contributed by atoms with Gasteiger partial charge >= 0.3 is 0 Å². The number of rotatable bonds is 13. The predicted octanol–water partition coefficient (Wildman–Crippen LogP) is 3.80. The van der Waals surface area contributed by atoms with E-state index in [4.69, 9.17) is 4.74 Å². The molecule has 198 valence electrons. The van der Waals surface area contributed by atoms with Gasteiger partial charge < -0.3 is 15.0 Å². The molecule has 1 unspecified atom stereocenters. The van der Waals surface area contributed by atoms with Crippen LogP contribution < -0.4 is 14.4 Å². The third kappa shape index (κ3) is 8.26. The first kappa shape index (κ1) is 29.2. The lowest BCUT2D eigenvalue weighted by Gasteiger charge is -2.33. The number of sulfonamides is 1. The molecule has 0 radical (unpaired) electrons. The number of hydrogen-bond acceptors (Lipinski definition) is 5. The molecule has 0 fully saturated rings. The van der Waals surface area contributed by atoms with Gasteiger partial charge in [0, 0.05) is 13.1 Å². The number of methoxy groups -OCH3 is 1. The molecule has 1 atom stereocenters. The third-order valence-electron chi connectivity index (χ3n) is 5.90. The lowest BCUT2D eigenvalue weighted by molar-refractivity contribution is -0.140. The van der Waals surface area contributed by atoms with Crippen LogP contribution in [0.2, 0.25) is 0 Å². The van der Waals surface area contributed by atoms with Crippen molar-refractivity contribution in [2.24, 2.45) is 0 Å². The van der Waals surface area contributed by atoms with Crippen LogP contribution in [0.25, 0.3) is 0 Å². The largest absolute Gasteiger partial charge is 0.497 e. The monoisotopic (exact) mass is 517 g/mol. The standard InChI is InChI=1S/C27H39N3O5S/c1-7-9-14-28-27(32)25(8-2)29(18-22-10-12-24(35-5)13-11-22)26(31)19-30(36(6,33)34)23-16-20(3)15-21(4)17-23/h10-13,15-17,25H,7-9,14,18-19H2,1-6H3,(H,28,32). The Morgan fingerprint density at radius 1 is 1.03 bits per heavy atom. The number of carbonyl (C=O) groups excluding carboxylic acids is 2. The van der Waals surface area contributed by atoms with Gasteiger partial charge in [-0.2, -0.15) is 0 Å². The molecule has 0 aliphatic carbocycles. The highest BCUT2D eigenvalue weighted by molar-refractivity contribution is 7.92. The molecule has 0 bridgehead atoms. The molecule has 0 saturated heterocycles. The minimum Gasteiger partial charge on any atom is -0.497 e. The van der Waals surface area contributed by atoms with Crippen molar-refractivity contribution in [3.8, 4) is 5.75 Å². The summed E-state index contributed by atoms with van der Waals surface area (Å²) in [5, 5.41) is 2.92. The summed E-state index contributed by atoms with van der Waals surface area (Å²) in [5.74, 6) is -0.0166. The summed E-state index contributed by atoms with van der Waals surface area (Å²) in [6.45, 7) is 7.91. The second-order valence-electron chi connectivity index (χ2n) is 9.05. The molecular formula is C27H39N3O5S. The van der Waals surface area contributed by atoms with Gasteiger partial charge in [-0.05, 0) is 67.6 Å². The van der Waals surface area contributed by atoms with Crippen LogP contribution in [0, 0.1) is 13.8 Å². The molecule has 0 aliphatic heterocycles. The number of aryl methyl sites for hydroxylation is 2. The van der Waals surface area contributed by atoms with Gasteiger partial charge in [0.2, 0.25) is 21.8 Å². The Bertz CT molecular complexity index is 1110. The summed E-state index contributed by atoms with van der Waals surface area (Å²) in [5.41, 5.74) is 3.01. The van der Waals surface area contributed by atoms with Gasteiger partial charge in [-0.15, -0.1) is 0 Å². The molecule has 0 aliphatic rings. The third-order valence-corrected chi connectivity index (χ3v) is 7.04. The van der Waals surface area contributed by atoms with Crippen molar-refractivity contribution in [3.05, 3.63) is 59.2 Å². The summed E-state index contributed by atoms with van der Waals surface area (Å²) in [7, 11) is -2.19. The molecular weight excluding hydrogens is 478 g/mol. The zero-order valence-electron chi connectivity index (χ0n) is 22.2. The molecule has 36 heavy (non-hydrogen) atoms. The fourth-order valence-corrected chi connectivity index (χ4v) is 4.89. The van der Waals surface area contributed by atoms with Crippen molar-refractivity contribution < 1.29 is 22.7 Å². The number of ether oxygens (including phenoxy) is 1. The Morgan fingerprint density at radius 2 is 1.64 bits per heavy atom. The summed E-state index contributed by atoms with van der Waals surface area (Å²) in [4.78, 5) is 28.3. The number of nitrogens with zero attached hydrogens (tertiary/aromatic N) is 2. The van der Waals surface area contributed by atoms with Crippen LogP contribution in [0.1, 0.15) is 49.8 Å². The van der Waals surface area contributed by atoms with E-state index in [0.717, 1.165) is 40.1 Å². The van der Waals surface area contributed by atoms with Gasteiger partial charge in [0.1, 0.15) is 18.3 Å². The van der Waals surface area contributed by atoms with E-state index in [2.05, 4.69) is 5.32 Å². The average molecular weight is 518 g/mol. The molecule has 0 spiro atoms. The van der Waals surface area contributed by atoms with Crippen LogP contribution in [-0.4, -0.2) is 57.6 Å². The van der Waals surface area contributed by atoms with Gasteiger partial charge in [-0.1, -0.05) is 38.5 Å². The van der Waals surface area contributed by atoms with E-state index in [-0.39, 0.29) is 12.5 Å². The summed E-state index contributed by atoms with van der Waals surface area (Å²) < 4.78 is 31.8. The Labute approximate surface area is 215 Å². The second-order valence-corrected chi connectivity index (χ2v) is 11.0. The minimum absolute atomic E-state index is 0.160. The summed E-state index contributed by atoms with van der Waals surface area (Å²) >= 11 is 0. The highest BCUT2D eigenvalue weighted by atomic mass is 32.2. The first-order valence-electron chi connectivity index (χ1n) is 12.3. The number of unbranched alkanes of at least 4 members (excludes halogenated alkanes) is 1. The summed E-state index contributed by atoms with van der Waals surface area (Å²) in [6, 6.07) is 11.9. The van der Waals surface area contributed by atoms with Crippen molar-refractivity contribution in [2.75, 3.05) is 30.8 Å². The van der Waals surface area contributed by atoms with Gasteiger partial charge in [0.05, 0.1) is 19.1 Å². The fraction of sp³-hybridized carbons (Fsp3) is 0.481. The van der Waals surface area contributed by atoms with Gasteiger partial charge in [0.15, 0.2) is 0 Å². The maximum Gasteiger partial charge on any atom is 0.244 e. The Kier molecular flexibility index (Phi) is 10.8. The number of amides is 2. The van der Waals surface area contributed by atoms with Crippen LogP contribution in [0.15, 0.2) is 42.5 Å². The van der Waals surface area contributed by atoms with Gasteiger partial charge in [-0.25, -0.2) is 8.42 Å². The normalized spacial score (nSPS) is 12.1. The molecule has 2 aromatic carbocycles. The number of anilines is 1. The molecule has 0 saturated carbocycles. The Balaban J connectivity index is 2.43. The first-order valence-corrected chi connectivity index (χ1v) is 14.1. The quantitative estimate of drug-likeness (QED) is 0.408. The molecule has 2 rings (SSSR count). The SMILES string of the molecule is CCCCNC(=O)C(CC)N(Cc1ccc(OC)cc1)C(=O)CN(c1cc(C)cc(C)c1)S(C)(=O)=O. The molecule has 0 aromatic heterocycles. The lowest BCUT2D eigenvalue weighted by atomic mass is 10.1. The van der Waals surface area contributed by atoms with E-state index >= 15 is 0 Å². The lowest BCUT2D eigenvalue weighted by Crippen LogP contribution is -2.52. The molecule has 1 N–H and O–H groups in total. The molecule has 8 nitrogen and oxygen atoms in total. The minimum atomic E-state index is -3.76. The van der Waals surface area contributed by atoms with Crippen LogP contribution in [0.5, 0.6) is 5.75 Å². The van der Waals surface area contributed by atoms with Crippen molar-refractivity contribution in [2.45, 2.75) is 59.5 Å². The van der Waals surface area contributed by atoms with E-state index < -0.39 is 28.5 Å².